The van der Waals surface area contributed by atoms with Crippen molar-refractivity contribution in [3.8, 4) is 5.88 Å². The molecular formula is C20H29FN6O3. The SMILES string of the molecule is COCCOc1cc(Nc2nc(NC(CN)CC(C)C)c(F)cc2C(N)=O)ccn1. The highest BCUT2D eigenvalue weighted by atomic mass is 19.1. The van der Waals surface area contributed by atoms with Gasteiger partial charge in [-0.3, -0.25) is 4.79 Å². The van der Waals surface area contributed by atoms with Crippen LogP contribution in [0.25, 0.3) is 0 Å². The molecule has 1 atom stereocenters. The molecule has 1 amide bonds. The lowest BCUT2D eigenvalue weighted by Crippen LogP contribution is -2.31. The Hall–Kier alpha value is -2.98. The summed E-state index contributed by atoms with van der Waals surface area (Å²) in [6.07, 6.45) is 2.27. The first-order valence-corrected chi connectivity index (χ1v) is 9.65. The van der Waals surface area contributed by atoms with Gasteiger partial charge in [0.15, 0.2) is 11.6 Å². The minimum Gasteiger partial charge on any atom is -0.475 e. The van der Waals surface area contributed by atoms with Gasteiger partial charge in [-0.25, -0.2) is 14.4 Å². The maximum Gasteiger partial charge on any atom is 0.252 e. The molecule has 2 rings (SSSR count). The molecule has 10 heteroatoms. The zero-order valence-corrected chi connectivity index (χ0v) is 17.4. The first-order chi connectivity index (χ1) is 14.3. The summed E-state index contributed by atoms with van der Waals surface area (Å²) in [5, 5.41) is 6.00. The Bertz CT molecular complexity index is 849. The van der Waals surface area contributed by atoms with E-state index in [0.29, 0.717) is 37.2 Å². The van der Waals surface area contributed by atoms with Gasteiger partial charge in [0, 0.05) is 37.6 Å². The van der Waals surface area contributed by atoms with Gasteiger partial charge in [0.1, 0.15) is 12.4 Å². The van der Waals surface area contributed by atoms with E-state index in [0.717, 1.165) is 12.5 Å². The van der Waals surface area contributed by atoms with E-state index in [4.69, 9.17) is 20.9 Å². The number of ether oxygens (including phenoxy) is 2. The fourth-order valence-electron chi connectivity index (χ4n) is 2.78. The lowest BCUT2D eigenvalue weighted by atomic mass is 10.0. The number of nitrogens with two attached hydrogens (primary N) is 2. The number of amides is 1. The number of nitrogens with one attached hydrogen (secondary N) is 2. The number of nitrogens with zero attached hydrogens (tertiary/aromatic N) is 2. The normalized spacial score (nSPS) is 11.9. The number of carbonyl (C=O) groups excluding carboxylic acids is 1. The van der Waals surface area contributed by atoms with Gasteiger partial charge in [-0.2, -0.15) is 0 Å². The molecule has 6 N–H and O–H groups in total. The second-order valence-corrected chi connectivity index (χ2v) is 7.13. The molecule has 0 radical (unpaired) electrons. The molecule has 0 aliphatic heterocycles. The second-order valence-electron chi connectivity index (χ2n) is 7.13. The van der Waals surface area contributed by atoms with Crippen LogP contribution in [0.15, 0.2) is 24.4 Å². The van der Waals surface area contributed by atoms with Crippen molar-refractivity contribution in [1.29, 1.82) is 0 Å². The van der Waals surface area contributed by atoms with E-state index >= 15 is 0 Å². The molecule has 0 saturated carbocycles. The van der Waals surface area contributed by atoms with Gasteiger partial charge in [0.05, 0.1) is 12.2 Å². The smallest absolute Gasteiger partial charge is 0.252 e. The molecule has 164 valence electrons. The summed E-state index contributed by atoms with van der Waals surface area (Å²) in [6, 6.07) is 4.18. The first-order valence-electron chi connectivity index (χ1n) is 9.65. The van der Waals surface area contributed by atoms with Crippen LogP contribution in [0.1, 0.15) is 30.6 Å². The van der Waals surface area contributed by atoms with Crippen LogP contribution in [-0.4, -0.2) is 48.8 Å². The average molecular weight is 420 g/mol. The van der Waals surface area contributed by atoms with Gasteiger partial charge < -0.3 is 31.6 Å². The van der Waals surface area contributed by atoms with Crippen LogP contribution in [0, 0.1) is 11.7 Å². The third kappa shape index (κ3) is 6.82. The lowest BCUT2D eigenvalue weighted by molar-refractivity contribution is 0.100. The minimum absolute atomic E-state index is 0.00998. The van der Waals surface area contributed by atoms with Crippen molar-refractivity contribution < 1.29 is 18.7 Å². The van der Waals surface area contributed by atoms with Crippen LogP contribution in [-0.2, 0) is 4.74 Å². The Morgan fingerprint density at radius 2 is 2.03 bits per heavy atom. The van der Waals surface area contributed by atoms with E-state index in [1.54, 1.807) is 19.2 Å². The zero-order chi connectivity index (χ0) is 22.1. The number of aromatic nitrogens is 2. The van der Waals surface area contributed by atoms with Crippen molar-refractivity contribution in [2.24, 2.45) is 17.4 Å². The number of hydrogen-bond acceptors (Lipinski definition) is 8. The van der Waals surface area contributed by atoms with Crippen molar-refractivity contribution in [2.75, 3.05) is 37.5 Å². The lowest BCUT2D eigenvalue weighted by Gasteiger charge is -2.21. The van der Waals surface area contributed by atoms with Gasteiger partial charge in [0.25, 0.3) is 5.91 Å². The van der Waals surface area contributed by atoms with E-state index in [-0.39, 0.29) is 23.2 Å². The van der Waals surface area contributed by atoms with Gasteiger partial charge in [-0.1, -0.05) is 13.8 Å². The fraction of sp³-hybridized carbons (Fsp3) is 0.450. The predicted octanol–water partition coefficient (Wildman–Crippen LogP) is 2.27. The Morgan fingerprint density at radius 3 is 2.67 bits per heavy atom. The van der Waals surface area contributed by atoms with Crippen molar-refractivity contribution in [1.82, 2.24) is 9.97 Å². The van der Waals surface area contributed by atoms with Crippen LogP contribution < -0.4 is 26.8 Å². The third-order valence-corrected chi connectivity index (χ3v) is 4.16. The number of methoxy groups -OCH3 is 1. The molecule has 0 aromatic carbocycles. The summed E-state index contributed by atoms with van der Waals surface area (Å²) < 4.78 is 25.0. The summed E-state index contributed by atoms with van der Waals surface area (Å²) in [4.78, 5) is 20.2. The number of anilines is 3. The number of rotatable bonds is 12. The van der Waals surface area contributed by atoms with E-state index in [9.17, 15) is 9.18 Å². The van der Waals surface area contributed by atoms with Crippen LogP contribution in [0.3, 0.4) is 0 Å². The van der Waals surface area contributed by atoms with E-state index in [2.05, 4.69) is 20.6 Å². The molecule has 0 bridgehead atoms. The predicted molar refractivity (Wildman–Crippen MR) is 114 cm³/mol. The standard InChI is InChI=1S/C20H29FN6O3/c1-12(2)8-14(11-22)26-20-16(21)10-15(18(23)28)19(27-20)25-13-4-5-24-17(9-13)30-7-6-29-3/h4-5,9-10,12,14H,6-8,11,22H2,1-3H3,(H2,23,28)(H2,24,25,26,27). The number of pyridine rings is 2. The van der Waals surface area contributed by atoms with Gasteiger partial charge in [0.2, 0.25) is 5.88 Å². The largest absolute Gasteiger partial charge is 0.475 e. The molecule has 2 heterocycles. The molecule has 30 heavy (non-hydrogen) atoms. The topological polar surface area (TPSA) is 137 Å². The van der Waals surface area contributed by atoms with Crippen molar-refractivity contribution in [2.45, 2.75) is 26.3 Å². The minimum atomic E-state index is -0.807. The van der Waals surface area contributed by atoms with E-state index in [1.165, 1.54) is 6.20 Å². The highest BCUT2D eigenvalue weighted by molar-refractivity contribution is 5.98. The molecule has 0 fully saturated rings. The Morgan fingerprint density at radius 1 is 1.27 bits per heavy atom. The molecule has 0 aliphatic rings. The summed E-state index contributed by atoms with van der Waals surface area (Å²) in [5.74, 6) is -0.665. The summed E-state index contributed by atoms with van der Waals surface area (Å²) in [6.45, 7) is 5.16. The van der Waals surface area contributed by atoms with Gasteiger partial charge >= 0.3 is 0 Å². The number of carbonyl (C=O) groups is 1. The van der Waals surface area contributed by atoms with Gasteiger partial charge in [-0.05, 0) is 24.5 Å². The molecule has 0 saturated heterocycles. The highest BCUT2D eigenvalue weighted by Gasteiger charge is 2.19. The molecule has 2 aromatic rings. The van der Waals surface area contributed by atoms with Gasteiger partial charge in [-0.15, -0.1) is 0 Å². The summed E-state index contributed by atoms with van der Waals surface area (Å²) in [5.41, 5.74) is 11.7. The second kappa shape index (κ2) is 11.3. The van der Waals surface area contributed by atoms with E-state index < -0.39 is 11.7 Å². The zero-order valence-electron chi connectivity index (χ0n) is 17.4. The van der Waals surface area contributed by atoms with Crippen molar-refractivity contribution in [3.63, 3.8) is 0 Å². The van der Waals surface area contributed by atoms with Crippen molar-refractivity contribution >= 4 is 23.2 Å². The number of halogens is 1. The Kier molecular flexibility index (Phi) is 8.75. The first kappa shape index (κ1) is 23.3. The Balaban J connectivity index is 2.29. The van der Waals surface area contributed by atoms with Crippen molar-refractivity contribution in [3.05, 3.63) is 35.8 Å². The third-order valence-electron chi connectivity index (χ3n) is 4.16. The number of hydrogen-bond donors (Lipinski definition) is 4. The average Bonchev–Trinajstić information content (AvgIpc) is 2.69. The van der Waals surface area contributed by atoms with Crippen LogP contribution in [0.4, 0.5) is 21.7 Å². The monoisotopic (exact) mass is 420 g/mol. The van der Waals surface area contributed by atoms with Crippen LogP contribution >= 0.6 is 0 Å². The highest BCUT2D eigenvalue weighted by Crippen LogP contribution is 2.25. The Labute approximate surface area is 175 Å². The quantitative estimate of drug-likeness (QED) is 0.384. The molecular weight excluding hydrogens is 391 g/mol. The maximum atomic E-state index is 14.6. The molecule has 0 aliphatic carbocycles. The maximum absolute atomic E-state index is 14.6. The fourth-order valence-corrected chi connectivity index (χ4v) is 2.78. The van der Waals surface area contributed by atoms with E-state index in [1.807, 2.05) is 13.8 Å². The van der Waals surface area contributed by atoms with Crippen LogP contribution in [0.2, 0.25) is 0 Å². The van der Waals surface area contributed by atoms with Crippen LogP contribution in [0.5, 0.6) is 5.88 Å². The summed E-state index contributed by atoms with van der Waals surface area (Å²) >= 11 is 0. The summed E-state index contributed by atoms with van der Waals surface area (Å²) in [7, 11) is 1.57. The molecule has 2 aromatic heterocycles. The molecule has 9 nitrogen and oxygen atoms in total. The molecule has 1 unspecified atom stereocenters. The number of primary amides is 1. The molecule has 0 spiro atoms.